The number of hydrogen-bond donors (Lipinski definition) is 1. The summed E-state index contributed by atoms with van der Waals surface area (Å²) in [4.78, 5) is 0.263. The highest BCUT2D eigenvalue weighted by atomic mass is 32.2. The van der Waals surface area contributed by atoms with Crippen LogP contribution in [0, 0.1) is 12.7 Å². The molecule has 1 N–H and O–H groups in total. The number of rotatable bonds is 4. The minimum atomic E-state index is -3.81. The molecule has 1 aliphatic heterocycles. The van der Waals surface area contributed by atoms with Crippen molar-refractivity contribution in [2.45, 2.75) is 42.1 Å². The molecule has 6 heteroatoms. The van der Waals surface area contributed by atoms with Crippen molar-refractivity contribution >= 4 is 20.7 Å². The summed E-state index contributed by atoms with van der Waals surface area (Å²) in [6, 6.07) is 13.3. The number of benzene rings is 2. The molecule has 1 unspecified atom stereocenters. The lowest BCUT2D eigenvalue weighted by atomic mass is 10.2. The summed E-state index contributed by atoms with van der Waals surface area (Å²) in [5, 5.41) is 3.61. The maximum absolute atomic E-state index is 14.7. The van der Waals surface area contributed by atoms with E-state index in [1.807, 2.05) is 4.57 Å². The normalized spacial score (nSPS) is 17.8. The molecule has 3 aromatic rings. The van der Waals surface area contributed by atoms with Crippen LogP contribution in [0.2, 0.25) is 0 Å². The molecule has 1 aliphatic rings. The molecule has 4 rings (SSSR count). The highest BCUT2D eigenvalue weighted by molar-refractivity contribution is 7.91. The van der Waals surface area contributed by atoms with Gasteiger partial charge in [-0.2, -0.15) is 0 Å². The summed E-state index contributed by atoms with van der Waals surface area (Å²) in [7, 11) is -3.81. The van der Waals surface area contributed by atoms with Crippen molar-refractivity contribution in [2.24, 2.45) is 0 Å². The van der Waals surface area contributed by atoms with Crippen LogP contribution in [0.1, 0.15) is 18.5 Å². The van der Waals surface area contributed by atoms with Crippen LogP contribution in [-0.2, 0) is 16.4 Å². The van der Waals surface area contributed by atoms with Gasteiger partial charge in [0.05, 0.1) is 15.8 Å². The zero-order valence-electron chi connectivity index (χ0n) is 14.6. The van der Waals surface area contributed by atoms with Gasteiger partial charge in [0, 0.05) is 18.3 Å². The fourth-order valence-corrected chi connectivity index (χ4v) is 5.58. The largest absolute Gasteiger partial charge is 0.342 e. The minimum absolute atomic E-state index is 0.0785. The van der Waals surface area contributed by atoms with Crippen molar-refractivity contribution < 1.29 is 12.8 Å². The molecule has 1 atom stereocenters. The lowest BCUT2D eigenvalue weighted by molar-refractivity contribution is 0.510. The molecule has 2 aromatic carbocycles. The molecule has 4 nitrogen and oxygen atoms in total. The van der Waals surface area contributed by atoms with E-state index in [2.05, 4.69) is 5.32 Å². The van der Waals surface area contributed by atoms with Gasteiger partial charge in [-0.1, -0.05) is 24.3 Å². The Morgan fingerprint density at radius 3 is 2.62 bits per heavy atom. The van der Waals surface area contributed by atoms with E-state index in [9.17, 15) is 12.8 Å². The molecular formula is C20H21FN2O2S. The lowest BCUT2D eigenvalue weighted by Gasteiger charge is -2.15. The molecule has 136 valence electrons. The zero-order valence-corrected chi connectivity index (χ0v) is 15.4. The van der Waals surface area contributed by atoms with E-state index in [1.165, 1.54) is 6.07 Å². The molecule has 1 saturated heterocycles. The van der Waals surface area contributed by atoms with Crippen LogP contribution in [0.25, 0.3) is 10.9 Å². The first kappa shape index (κ1) is 17.2. The molecule has 1 aromatic heterocycles. The summed E-state index contributed by atoms with van der Waals surface area (Å²) in [5.41, 5.74) is 1.22. The Bertz CT molecular complexity index is 1050. The van der Waals surface area contributed by atoms with E-state index >= 15 is 0 Å². The lowest BCUT2D eigenvalue weighted by Crippen LogP contribution is -2.27. The Morgan fingerprint density at radius 2 is 1.92 bits per heavy atom. The molecule has 0 amide bonds. The summed E-state index contributed by atoms with van der Waals surface area (Å²) in [6.07, 6.45) is 2.14. The molecular weight excluding hydrogens is 351 g/mol. The van der Waals surface area contributed by atoms with Crippen LogP contribution >= 0.6 is 0 Å². The summed E-state index contributed by atoms with van der Waals surface area (Å²) in [6.45, 7) is 3.37. The van der Waals surface area contributed by atoms with Gasteiger partial charge in [-0.3, -0.25) is 0 Å². The van der Waals surface area contributed by atoms with Crippen molar-refractivity contribution in [1.29, 1.82) is 0 Å². The standard InChI is InChI=1S/C20H21FN2O2S/c1-14-20(26(24,25)16-8-3-2-4-9-16)19-17(21)10-5-11-18(19)23(14)13-15-7-6-12-22-15/h2-5,8-11,15,22H,6-7,12-13H2,1H3. The summed E-state index contributed by atoms with van der Waals surface area (Å²) in [5.74, 6) is -0.502. The fraction of sp³-hybridized carbons (Fsp3) is 0.300. The predicted octanol–water partition coefficient (Wildman–Crippen LogP) is 3.67. The predicted molar refractivity (Wildman–Crippen MR) is 99.6 cm³/mol. The molecule has 2 heterocycles. The van der Waals surface area contributed by atoms with E-state index in [4.69, 9.17) is 0 Å². The van der Waals surface area contributed by atoms with Gasteiger partial charge in [-0.15, -0.1) is 0 Å². The second-order valence-corrected chi connectivity index (χ2v) is 8.66. The first-order chi connectivity index (χ1) is 12.5. The van der Waals surface area contributed by atoms with E-state index in [0.717, 1.165) is 19.4 Å². The molecule has 0 aliphatic carbocycles. The minimum Gasteiger partial charge on any atom is -0.342 e. The van der Waals surface area contributed by atoms with E-state index in [-0.39, 0.29) is 21.2 Å². The summed E-state index contributed by atoms with van der Waals surface area (Å²) >= 11 is 0. The average molecular weight is 372 g/mol. The van der Waals surface area contributed by atoms with E-state index < -0.39 is 15.7 Å². The number of aromatic nitrogens is 1. The van der Waals surface area contributed by atoms with Crippen molar-refractivity contribution in [2.75, 3.05) is 6.54 Å². The van der Waals surface area contributed by atoms with Crippen LogP contribution < -0.4 is 5.32 Å². The topological polar surface area (TPSA) is 51.1 Å². The highest BCUT2D eigenvalue weighted by Gasteiger charge is 2.29. The van der Waals surface area contributed by atoms with Crippen LogP contribution in [0.15, 0.2) is 58.3 Å². The molecule has 0 saturated carbocycles. The molecule has 1 fully saturated rings. The molecule has 26 heavy (non-hydrogen) atoms. The van der Waals surface area contributed by atoms with Crippen molar-refractivity contribution in [3.8, 4) is 0 Å². The van der Waals surface area contributed by atoms with Crippen LogP contribution in [-0.4, -0.2) is 25.6 Å². The monoisotopic (exact) mass is 372 g/mol. The van der Waals surface area contributed by atoms with Gasteiger partial charge >= 0.3 is 0 Å². The molecule has 0 bridgehead atoms. The van der Waals surface area contributed by atoms with E-state index in [0.29, 0.717) is 17.8 Å². The number of sulfone groups is 1. The Balaban J connectivity index is 1.96. The van der Waals surface area contributed by atoms with Crippen LogP contribution in [0.4, 0.5) is 4.39 Å². The van der Waals surface area contributed by atoms with Gasteiger partial charge in [-0.25, -0.2) is 12.8 Å². The highest BCUT2D eigenvalue weighted by Crippen LogP contribution is 2.35. The number of halogens is 1. The second kappa shape index (κ2) is 6.52. The van der Waals surface area contributed by atoms with Gasteiger partial charge in [0.15, 0.2) is 0 Å². The van der Waals surface area contributed by atoms with Crippen molar-refractivity contribution in [3.05, 3.63) is 60.0 Å². The smallest absolute Gasteiger partial charge is 0.209 e. The van der Waals surface area contributed by atoms with Crippen LogP contribution in [0.3, 0.4) is 0 Å². The molecule has 0 spiro atoms. The third-order valence-electron chi connectivity index (χ3n) is 5.13. The Hall–Kier alpha value is -2.18. The number of hydrogen-bond acceptors (Lipinski definition) is 3. The summed E-state index contributed by atoms with van der Waals surface area (Å²) < 4.78 is 43.2. The zero-order chi connectivity index (χ0) is 18.3. The van der Waals surface area contributed by atoms with Crippen molar-refractivity contribution in [3.63, 3.8) is 0 Å². The average Bonchev–Trinajstić information content (AvgIpc) is 3.24. The second-order valence-electron chi connectivity index (χ2n) is 6.77. The SMILES string of the molecule is Cc1c(S(=O)(=O)c2ccccc2)c2c(F)cccc2n1CC1CCCN1. The number of nitrogens with zero attached hydrogens (tertiary/aromatic N) is 1. The van der Waals surface area contributed by atoms with E-state index in [1.54, 1.807) is 49.4 Å². The first-order valence-corrected chi connectivity index (χ1v) is 10.3. The van der Waals surface area contributed by atoms with Gasteiger partial charge in [0.25, 0.3) is 0 Å². The Kier molecular flexibility index (Phi) is 4.32. The maximum atomic E-state index is 14.7. The van der Waals surface area contributed by atoms with Gasteiger partial charge < -0.3 is 9.88 Å². The Morgan fingerprint density at radius 1 is 1.15 bits per heavy atom. The number of nitrogens with one attached hydrogen (secondary N) is 1. The van der Waals surface area contributed by atoms with Gasteiger partial charge in [-0.05, 0) is 50.6 Å². The third-order valence-corrected chi connectivity index (χ3v) is 7.06. The maximum Gasteiger partial charge on any atom is 0.209 e. The Labute approximate surface area is 152 Å². The molecule has 0 radical (unpaired) electrons. The van der Waals surface area contributed by atoms with Crippen LogP contribution in [0.5, 0.6) is 0 Å². The van der Waals surface area contributed by atoms with Gasteiger partial charge in [0.1, 0.15) is 10.7 Å². The van der Waals surface area contributed by atoms with Gasteiger partial charge in [0.2, 0.25) is 9.84 Å². The number of fused-ring (bicyclic) bond motifs is 1. The third kappa shape index (κ3) is 2.73. The fourth-order valence-electron chi connectivity index (χ4n) is 3.86. The van der Waals surface area contributed by atoms with Crippen molar-refractivity contribution in [1.82, 2.24) is 9.88 Å². The first-order valence-electron chi connectivity index (χ1n) is 8.81. The quantitative estimate of drug-likeness (QED) is 0.760.